The first-order valence-corrected chi connectivity index (χ1v) is 6.20. The van der Waals surface area contributed by atoms with Gasteiger partial charge in [0.25, 0.3) is 0 Å². The van der Waals surface area contributed by atoms with Gasteiger partial charge in [0.05, 0.1) is 0 Å². The first-order chi connectivity index (χ1) is 8.70. The van der Waals surface area contributed by atoms with E-state index >= 15 is 0 Å². The molecule has 0 saturated heterocycles. The van der Waals surface area contributed by atoms with E-state index in [1.54, 1.807) is 0 Å². The van der Waals surface area contributed by atoms with Gasteiger partial charge in [-0.3, -0.25) is 4.79 Å². The zero-order chi connectivity index (χ0) is 13.0. The summed E-state index contributed by atoms with van der Waals surface area (Å²) in [5.74, 6) is 0. The van der Waals surface area contributed by atoms with Crippen molar-refractivity contribution in [2.24, 2.45) is 0 Å². The number of hydrogen-bond donors (Lipinski definition) is 1. The number of carbonyl (C=O) groups excluding carboxylic acids is 1. The van der Waals surface area contributed by atoms with Crippen molar-refractivity contribution >= 4 is 23.3 Å². The predicted octanol–water partition coefficient (Wildman–Crippen LogP) is 3.96. The topological polar surface area (TPSA) is 17.1 Å². The zero-order valence-corrected chi connectivity index (χ0v) is 11.0. The zero-order valence-electron chi connectivity index (χ0n) is 10.1. The quantitative estimate of drug-likeness (QED) is 0.648. The van der Waals surface area contributed by atoms with Gasteiger partial charge < -0.3 is 0 Å². The van der Waals surface area contributed by atoms with Crippen LogP contribution in [0.4, 0.5) is 0 Å². The minimum Gasteiger partial charge on any atom is -0.282 e. The fraction of sp³-hybridized carbons (Fsp3) is 0.0625. The maximum atomic E-state index is 11.5. The second-order valence-corrected chi connectivity index (χ2v) is 4.44. The average Bonchev–Trinajstić information content (AvgIpc) is 2.41. The van der Waals surface area contributed by atoms with Gasteiger partial charge in [0.15, 0.2) is 0 Å². The molecule has 0 radical (unpaired) electrons. The van der Waals surface area contributed by atoms with E-state index < -0.39 is 0 Å². The second kappa shape index (κ2) is 5.69. The highest BCUT2D eigenvalue weighted by molar-refractivity contribution is 7.97. The molecule has 2 heteroatoms. The second-order valence-electron chi connectivity index (χ2n) is 4.04. The highest BCUT2D eigenvalue weighted by Gasteiger charge is 2.11. The SMILES string of the molecule is CC(C(=O)S)=C(c1ccccc1)c1ccccc1. The molecule has 0 bridgehead atoms. The summed E-state index contributed by atoms with van der Waals surface area (Å²) in [6.07, 6.45) is 0. The third-order valence-electron chi connectivity index (χ3n) is 2.82. The van der Waals surface area contributed by atoms with Gasteiger partial charge in [-0.1, -0.05) is 60.7 Å². The van der Waals surface area contributed by atoms with Crippen molar-refractivity contribution in [2.45, 2.75) is 6.92 Å². The maximum Gasteiger partial charge on any atom is 0.212 e. The lowest BCUT2D eigenvalue weighted by Crippen LogP contribution is -1.97. The van der Waals surface area contributed by atoms with Crippen molar-refractivity contribution in [3.8, 4) is 0 Å². The molecule has 2 aromatic rings. The summed E-state index contributed by atoms with van der Waals surface area (Å²) in [6, 6.07) is 19.8. The molecule has 0 spiro atoms. The molecule has 0 unspecified atom stereocenters. The van der Waals surface area contributed by atoms with Crippen LogP contribution in [0.5, 0.6) is 0 Å². The van der Waals surface area contributed by atoms with Crippen LogP contribution in [-0.2, 0) is 4.79 Å². The van der Waals surface area contributed by atoms with E-state index in [4.69, 9.17) is 0 Å². The highest BCUT2D eigenvalue weighted by atomic mass is 32.1. The van der Waals surface area contributed by atoms with Gasteiger partial charge in [0, 0.05) is 5.57 Å². The van der Waals surface area contributed by atoms with Crippen LogP contribution >= 0.6 is 12.6 Å². The minimum absolute atomic E-state index is 0.197. The monoisotopic (exact) mass is 254 g/mol. The van der Waals surface area contributed by atoms with Crippen molar-refractivity contribution in [3.63, 3.8) is 0 Å². The van der Waals surface area contributed by atoms with E-state index in [1.165, 1.54) is 0 Å². The molecule has 0 amide bonds. The lowest BCUT2D eigenvalue weighted by atomic mass is 9.94. The van der Waals surface area contributed by atoms with E-state index in [2.05, 4.69) is 12.6 Å². The van der Waals surface area contributed by atoms with Crippen LogP contribution in [0, 0.1) is 0 Å². The molecular weight excluding hydrogens is 240 g/mol. The molecule has 0 N–H and O–H groups in total. The van der Waals surface area contributed by atoms with Gasteiger partial charge in [0.2, 0.25) is 5.12 Å². The Labute approximate surface area is 113 Å². The fourth-order valence-corrected chi connectivity index (χ4v) is 2.03. The Morgan fingerprint density at radius 2 is 1.22 bits per heavy atom. The van der Waals surface area contributed by atoms with Gasteiger partial charge in [-0.05, 0) is 23.6 Å². The molecule has 1 nitrogen and oxygen atoms in total. The van der Waals surface area contributed by atoms with Crippen LogP contribution in [-0.4, -0.2) is 5.12 Å². The third kappa shape index (κ3) is 2.71. The van der Waals surface area contributed by atoms with Crippen LogP contribution in [0.25, 0.3) is 5.57 Å². The summed E-state index contributed by atoms with van der Waals surface area (Å²) in [4.78, 5) is 11.5. The molecule has 2 aromatic carbocycles. The molecule has 0 aliphatic carbocycles. The molecular formula is C16H14OS. The van der Waals surface area contributed by atoms with Crippen LogP contribution in [0.3, 0.4) is 0 Å². The standard InChI is InChI=1S/C16H14OS/c1-12(16(17)18)15(13-8-4-2-5-9-13)14-10-6-3-7-11-14/h2-11H,1H3,(H,17,18). The Balaban J connectivity index is 2.64. The lowest BCUT2D eigenvalue weighted by Gasteiger charge is -2.11. The Hall–Kier alpha value is -1.80. The van der Waals surface area contributed by atoms with Gasteiger partial charge >= 0.3 is 0 Å². The molecule has 0 saturated carbocycles. The van der Waals surface area contributed by atoms with E-state index in [9.17, 15) is 4.79 Å². The number of carbonyl (C=O) groups is 1. The first-order valence-electron chi connectivity index (χ1n) is 5.75. The minimum atomic E-state index is -0.197. The van der Waals surface area contributed by atoms with E-state index in [0.717, 1.165) is 16.7 Å². The smallest absolute Gasteiger partial charge is 0.212 e. The summed E-state index contributed by atoms with van der Waals surface area (Å²) >= 11 is 3.94. The summed E-state index contributed by atoms with van der Waals surface area (Å²) in [5, 5.41) is -0.197. The summed E-state index contributed by atoms with van der Waals surface area (Å²) < 4.78 is 0. The largest absolute Gasteiger partial charge is 0.282 e. The van der Waals surface area contributed by atoms with Crippen molar-refractivity contribution < 1.29 is 4.79 Å². The van der Waals surface area contributed by atoms with Crippen LogP contribution in [0.1, 0.15) is 18.1 Å². The Morgan fingerprint density at radius 1 is 0.833 bits per heavy atom. The van der Waals surface area contributed by atoms with E-state index in [1.807, 2.05) is 67.6 Å². The molecule has 0 aliphatic heterocycles. The molecule has 0 aromatic heterocycles. The first kappa shape index (κ1) is 12.7. The van der Waals surface area contributed by atoms with Crippen molar-refractivity contribution in [2.75, 3.05) is 0 Å². The average molecular weight is 254 g/mol. The van der Waals surface area contributed by atoms with Crippen molar-refractivity contribution in [1.29, 1.82) is 0 Å². The maximum absolute atomic E-state index is 11.5. The number of thiol groups is 1. The molecule has 0 heterocycles. The molecule has 2 rings (SSSR count). The number of rotatable bonds is 3. The summed E-state index contributed by atoms with van der Waals surface area (Å²) in [5.41, 5.74) is 3.67. The van der Waals surface area contributed by atoms with Crippen LogP contribution in [0.2, 0.25) is 0 Å². The lowest BCUT2D eigenvalue weighted by molar-refractivity contribution is -0.107. The highest BCUT2D eigenvalue weighted by Crippen LogP contribution is 2.27. The normalized spacial score (nSPS) is 9.89. The molecule has 0 aliphatic rings. The van der Waals surface area contributed by atoms with Gasteiger partial charge in [-0.25, -0.2) is 0 Å². The van der Waals surface area contributed by atoms with Crippen LogP contribution in [0.15, 0.2) is 66.2 Å². The Morgan fingerprint density at radius 3 is 1.56 bits per heavy atom. The number of hydrogen-bond acceptors (Lipinski definition) is 1. The van der Waals surface area contributed by atoms with Gasteiger partial charge in [0.1, 0.15) is 0 Å². The molecule has 90 valence electrons. The van der Waals surface area contributed by atoms with Crippen molar-refractivity contribution in [1.82, 2.24) is 0 Å². The van der Waals surface area contributed by atoms with Crippen molar-refractivity contribution in [3.05, 3.63) is 77.4 Å². The predicted molar refractivity (Wildman–Crippen MR) is 78.6 cm³/mol. The Bertz CT molecular complexity index is 529. The number of benzene rings is 2. The van der Waals surface area contributed by atoms with E-state index in [0.29, 0.717) is 5.57 Å². The van der Waals surface area contributed by atoms with E-state index in [-0.39, 0.29) is 5.12 Å². The molecule has 0 atom stereocenters. The molecule has 18 heavy (non-hydrogen) atoms. The summed E-state index contributed by atoms with van der Waals surface area (Å²) in [7, 11) is 0. The third-order valence-corrected chi connectivity index (χ3v) is 3.16. The van der Waals surface area contributed by atoms with Gasteiger partial charge in [-0.15, -0.1) is 12.6 Å². The Kier molecular flexibility index (Phi) is 4.00. The molecule has 0 fully saturated rings. The summed E-state index contributed by atoms with van der Waals surface area (Å²) in [6.45, 7) is 1.81. The van der Waals surface area contributed by atoms with Crippen LogP contribution < -0.4 is 0 Å². The fourth-order valence-electron chi connectivity index (χ4n) is 1.92. The van der Waals surface area contributed by atoms with Gasteiger partial charge in [-0.2, -0.15) is 0 Å².